The SMILES string of the molecule is CC(C)c1cccc2c(CN(C)C)cncc12. The van der Waals surface area contributed by atoms with Gasteiger partial charge in [-0.2, -0.15) is 0 Å². The molecule has 90 valence electrons. The van der Waals surface area contributed by atoms with Crippen molar-refractivity contribution in [3.05, 3.63) is 41.7 Å². The van der Waals surface area contributed by atoms with Crippen LogP contribution in [0.5, 0.6) is 0 Å². The first-order chi connectivity index (χ1) is 8.09. The van der Waals surface area contributed by atoms with Crippen LogP contribution in [0.4, 0.5) is 0 Å². The van der Waals surface area contributed by atoms with Crippen LogP contribution in [0.1, 0.15) is 30.9 Å². The molecule has 0 radical (unpaired) electrons. The number of pyridine rings is 1. The third-order valence-electron chi connectivity index (χ3n) is 3.03. The van der Waals surface area contributed by atoms with E-state index in [0.29, 0.717) is 5.92 Å². The first kappa shape index (κ1) is 12.1. The molecule has 0 saturated carbocycles. The summed E-state index contributed by atoms with van der Waals surface area (Å²) in [6.45, 7) is 5.40. The summed E-state index contributed by atoms with van der Waals surface area (Å²) in [5.41, 5.74) is 2.69. The van der Waals surface area contributed by atoms with Gasteiger partial charge in [-0.15, -0.1) is 0 Å². The average molecular weight is 228 g/mol. The maximum absolute atomic E-state index is 4.38. The zero-order valence-corrected chi connectivity index (χ0v) is 11.1. The molecule has 0 saturated heterocycles. The van der Waals surface area contributed by atoms with Crippen LogP contribution in [0.15, 0.2) is 30.6 Å². The highest BCUT2D eigenvalue weighted by molar-refractivity contribution is 5.88. The van der Waals surface area contributed by atoms with Crippen LogP contribution in [0.3, 0.4) is 0 Å². The van der Waals surface area contributed by atoms with E-state index in [1.807, 2.05) is 12.4 Å². The van der Waals surface area contributed by atoms with Gasteiger partial charge < -0.3 is 4.90 Å². The summed E-state index contributed by atoms with van der Waals surface area (Å²) >= 11 is 0. The number of hydrogen-bond acceptors (Lipinski definition) is 2. The van der Waals surface area contributed by atoms with Gasteiger partial charge in [0.25, 0.3) is 0 Å². The summed E-state index contributed by atoms with van der Waals surface area (Å²) in [4.78, 5) is 6.56. The van der Waals surface area contributed by atoms with E-state index in [2.05, 4.69) is 56.0 Å². The number of aromatic nitrogens is 1. The highest BCUT2D eigenvalue weighted by Gasteiger charge is 2.08. The molecule has 0 spiro atoms. The fraction of sp³-hybridized carbons (Fsp3) is 0.400. The molecule has 0 aliphatic rings. The third kappa shape index (κ3) is 2.47. The fourth-order valence-corrected chi connectivity index (χ4v) is 2.25. The Kier molecular flexibility index (Phi) is 3.43. The number of hydrogen-bond donors (Lipinski definition) is 0. The molecule has 2 nitrogen and oxygen atoms in total. The van der Waals surface area contributed by atoms with Crippen molar-refractivity contribution in [1.82, 2.24) is 9.88 Å². The highest BCUT2D eigenvalue weighted by atomic mass is 15.0. The van der Waals surface area contributed by atoms with E-state index in [1.54, 1.807) is 0 Å². The lowest BCUT2D eigenvalue weighted by atomic mass is 9.95. The lowest BCUT2D eigenvalue weighted by molar-refractivity contribution is 0.403. The van der Waals surface area contributed by atoms with Crippen molar-refractivity contribution < 1.29 is 0 Å². The van der Waals surface area contributed by atoms with Gasteiger partial charge in [-0.05, 0) is 36.5 Å². The normalized spacial score (nSPS) is 11.6. The average Bonchev–Trinajstić information content (AvgIpc) is 2.28. The summed E-state index contributed by atoms with van der Waals surface area (Å²) in [6.07, 6.45) is 3.97. The molecule has 1 aromatic carbocycles. The molecule has 2 aromatic rings. The minimum Gasteiger partial charge on any atom is -0.305 e. The first-order valence-electron chi connectivity index (χ1n) is 6.10. The van der Waals surface area contributed by atoms with E-state index in [0.717, 1.165) is 6.54 Å². The van der Waals surface area contributed by atoms with Crippen molar-refractivity contribution >= 4 is 10.8 Å². The van der Waals surface area contributed by atoms with Crippen LogP contribution >= 0.6 is 0 Å². The van der Waals surface area contributed by atoms with E-state index in [1.165, 1.54) is 21.9 Å². The molecule has 0 aliphatic carbocycles. The molecule has 1 aromatic heterocycles. The zero-order chi connectivity index (χ0) is 12.4. The number of fused-ring (bicyclic) bond motifs is 1. The molecule has 0 aliphatic heterocycles. The molecule has 0 bridgehead atoms. The van der Waals surface area contributed by atoms with Crippen LogP contribution in [-0.4, -0.2) is 24.0 Å². The van der Waals surface area contributed by atoms with Crippen LogP contribution < -0.4 is 0 Å². The van der Waals surface area contributed by atoms with Crippen LogP contribution in [-0.2, 0) is 6.54 Å². The highest BCUT2D eigenvalue weighted by Crippen LogP contribution is 2.26. The molecule has 1 heterocycles. The minimum absolute atomic E-state index is 0.537. The largest absolute Gasteiger partial charge is 0.305 e. The fourth-order valence-electron chi connectivity index (χ4n) is 2.25. The molecule has 2 rings (SSSR count). The zero-order valence-electron chi connectivity index (χ0n) is 11.1. The summed E-state index contributed by atoms with van der Waals surface area (Å²) in [6, 6.07) is 6.55. The van der Waals surface area contributed by atoms with E-state index >= 15 is 0 Å². The van der Waals surface area contributed by atoms with Crippen molar-refractivity contribution in [2.45, 2.75) is 26.3 Å². The standard InChI is InChI=1S/C15H20N2/c1-11(2)13-6-5-7-14-12(10-17(3)4)8-16-9-15(13)14/h5-9,11H,10H2,1-4H3. The Balaban J connectivity index is 2.61. The summed E-state index contributed by atoms with van der Waals surface area (Å²) in [5.74, 6) is 0.537. The van der Waals surface area contributed by atoms with Crippen LogP contribution in [0.2, 0.25) is 0 Å². The number of rotatable bonds is 3. The van der Waals surface area contributed by atoms with Gasteiger partial charge >= 0.3 is 0 Å². The predicted octanol–water partition coefficient (Wildman–Crippen LogP) is 3.42. The van der Waals surface area contributed by atoms with Crippen molar-refractivity contribution in [2.75, 3.05) is 14.1 Å². The Morgan fingerprint density at radius 1 is 1.12 bits per heavy atom. The van der Waals surface area contributed by atoms with Gasteiger partial charge in [0.05, 0.1) is 0 Å². The minimum atomic E-state index is 0.537. The number of nitrogens with zero attached hydrogens (tertiary/aromatic N) is 2. The second kappa shape index (κ2) is 4.84. The molecular formula is C15H20N2. The maximum Gasteiger partial charge on any atom is 0.0349 e. The molecular weight excluding hydrogens is 208 g/mol. The van der Waals surface area contributed by atoms with Gasteiger partial charge in [-0.25, -0.2) is 0 Å². The van der Waals surface area contributed by atoms with Crippen molar-refractivity contribution in [3.63, 3.8) is 0 Å². The molecule has 0 atom stereocenters. The Morgan fingerprint density at radius 2 is 1.88 bits per heavy atom. The predicted molar refractivity (Wildman–Crippen MR) is 73.2 cm³/mol. The second-order valence-corrected chi connectivity index (χ2v) is 5.13. The number of benzene rings is 1. The Hall–Kier alpha value is -1.41. The molecule has 17 heavy (non-hydrogen) atoms. The molecule has 2 heteroatoms. The first-order valence-corrected chi connectivity index (χ1v) is 6.10. The van der Waals surface area contributed by atoms with E-state index < -0.39 is 0 Å². The van der Waals surface area contributed by atoms with E-state index in [4.69, 9.17) is 0 Å². The molecule has 0 amide bonds. The smallest absolute Gasteiger partial charge is 0.0349 e. The van der Waals surface area contributed by atoms with Crippen molar-refractivity contribution in [1.29, 1.82) is 0 Å². The van der Waals surface area contributed by atoms with Crippen LogP contribution in [0.25, 0.3) is 10.8 Å². The van der Waals surface area contributed by atoms with Crippen LogP contribution in [0, 0.1) is 0 Å². The van der Waals surface area contributed by atoms with Gasteiger partial charge in [0.15, 0.2) is 0 Å². The lowest BCUT2D eigenvalue weighted by Crippen LogP contribution is -2.11. The lowest BCUT2D eigenvalue weighted by Gasteiger charge is -2.14. The summed E-state index contributed by atoms with van der Waals surface area (Å²) < 4.78 is 0. The van der Waals surface area contributed by atoms with Crippen molar-refractivity contribution in [2.24, 2.45) is 0 Å². The summed E-state index contributed by atoms with van der Waals surface area (Å²) in [5, 5.41) is 2.63. The van der Waals surface area contributed by atoms with Gasteiger partial charge in [0.2, 0.25) is 0 Å². The molecule has 0 unspecified atom stereocenters. The van der Waals surface area contributed by atoms with Gasteiger partial charge in [-0.1, -0.05) is 32.0 Å². The Bertz CT molecular complexity index is 515. The molecule has 0 fully saturated rings. The maximum atomic E-state index is 4.38. The monoisotopic (exact) mass is 228 g/mol. The van der Waals surface area contributed by atoms with Gasteiger partial charge in [0, 0.05) is 24.3 Å². The third-order valence-corrected chi connectivity index (χ3v) is 3.03. The second-order valence-electron chi connectivity index (χ2n) is 5.13. The molecule has 0 N–H and O–H groups in total. The van der Waals surface area contributed by atoms with Crippen molar-refractivity contribution in [3.8, 4) is 0 Å². The van der Waals surface area contributed by atoms with Gasteiger partial charge in [0.1, 0.15) is 0 Å². The van der Waals surface area contributed by atoms with Gasteiger partial charge in [-0.3, -0.25) is 4.98 Å². The van der Waals surface area contributed by atoms with E-state index in [9.17, 15) is 0 Å². The van der Waals surface area contributed by atoms with E-state index in [-0.39, 0.29) is 0 Å². The topological polar surface area (TPSA) is 16.1 Å². The quantitative estimate of drug-likeness (QED) is 0.800. The Morgan fingerprint density at radius 3 is 2.53 bits per heavy atom. The Labute approximate surface area is 103 Å². The summed E-state index contributed by atoms with van der Waals surface area (Å²) in [7, 11) is 4.18.